The van der Waals surface area contributed by atoms with E-state index >= 15 is 0 Å². The first-order valence-corrected chi connectivity index (χ1v) is 7.36. The smallest absolute Gasteiger partial charge is 0.330 e. The van der Waals surface area contributed by atoms with Crippen LogP contribution >= 0.6 is 0 Å². The highest BCUT2D eigenvalue weighted by molar-refractivity contribution is 5.81. The summed E-state index contributed by atoms with van der Waals surface area (Å²) < 4.78 is 4.62. The van der Waals surface area contributed by atoms with E-state index in [1.807, 2.05) is 42.5 Å². The van der Waals surface area contributed by atoms with Gasteiger partial charge in [0, 0.05) is 18.7 Å². The van der Waals surface area contributed by atoms with Gasteiger partial charge in [-0.05, 0) is 17.5 Å². The topological polar surface area (TPSA) is 38.3 Å². The molecule has 2 aromatic rings. The minimum atomic E-state index is -0.324. The number of methoxy groups -OCH3 is 1. The van der Waals surface area contributed by atoms with Gasteiger partial charge in [0.2, 0.25) is 0 Å². The highest BCUT2D eigenvalue weighted by atomic mass is 16.5. The summed E-state index contributed by atoms with van der Waals surface area (Å²) in [6.07, 6.45) is 4.05. The number of rotatable bonds is 7. The van der Waals surface area contributed by atoms with Crippen molar-refractivity contribution in [2.45, 2.75) is 19.0 Å². The van der Waals surface area contributed by atoms with Gasteiger partial charge >= 0.3 is 5.97 Å². The molecule has 0 saturated heterocycles. The third-order valence-electron chi connectivity index (χ3n) is 3.42. The Kier molecular flexibility index (Phi) is 6.39. The summed E-state index contributed by atoms with van der Waals surface area (Å²) in [6.45, 7) is 0.784. The summed E-state index contributed by atoms with van der Waals surface area (Å²) in [7, 11) is 1.38. The Morgan fingerprint density at radius 2 is 1.73 bits per heavy atom. The van der Waals surface area contributed by atoms with E-state index < -0.39 is 0 Å². The second kappa shape index (κ2) is 8.80. The summed E-state index contributed by atoms with van der Waals surface area (Å²) in [5, 5.41) is 3.54. The van der Waals surface area contributed by atoms with Crippen LogP contribution in [0.3, 0.4) is 0 Å². The first-order valence-electron chi connectivity index (χ1n) is 7.36. The molecule has 0 radical (unpaired) electrons. The van der Waals surface area contributed by atoms with Crippen molar-refractivity contribution in [1.29, 1.82) is 0 Å². The Morgan fingerprint density at radius 1 is 1.09 bits per heavy atom. The molecule has 3 heteroatoms. The van der Waals surface area contributed by atoms with Crippen molar-refractivity contribution in [2.75, 3.05) is 7.11 Å². The van der Waals surface area contributed by atoms with Gasteiger partial charge < -0.3 is 10.1 Å². The number of hydrogen-bond acceptors (Lipinski definition) is 3. The number of benzene rings is 2. The lowest BCUT2D eigenvalue weighted by atomic mass is 10.0. The Labute approximate surface area is 131 Å². The Balaban J connectivity index is 2.02. The molecule has 0 fully saturated rings. The first-order chi connectivity index (χ1) is 10.8. The third kappa shape index (κ3) is 5.19. The molecule has 0 amide bonds. The van der Waals surface area contributed by atoms with Gasteiger partial charge in [-0.15, -0.1) is 0 Å². The maximum absolute atomic E-state index is 11.2. The molecule has 0 spiro atoms. The van der Waals surface area contributed by atoms with Gasteiger partial charge in [-0.3, -0.25) is 0 Å². The van der Waals surface area contributed by atoms with Gasteiger partial charge in [0.15, 0.2) is 0 Å². The number of hydrogen-bond donors (Lipinski definition) is 1. The van der Waals surface area contributed by atoms with E-state index in [0.717, 1.165) is 13.0 Å². The first kappa shape index (κ1) is 16.0. The van der Waals surface area contributed by atoms with Gasteiger partial charge in [0.1, 0.15) is 0 Å². The molecule has 0 bridgehead atoms. The Bertz CT molecular complexity index is 593. The van der Waals surface area contributed by atoms with Gasteiger partial charge in [-0.2, -0.15) is 0 Å². The largest absolute Gasteiger partial charge is 0.466 e. The highest BCUT2D eigenvalue weighted by Gasteiger charge is 2.09. The van der Waals surface area contributed by atoms with E-state index in [1.165, 1.54) is 24.3 Å². The average Bonchev–Trinajstić information content (AvgIpc) is 2.59. The third-order valence-corrected chi connectivity index (χ3v) is 3.42. The molecule has 1 N–H and O–H groups in total. The Morgan fingerprint density at radius 3 is 2.36 bits per heavy atom. The molecule has 3 nitrogen and oxygen atoms in total. The maximum atomic E-state index is 11.2. The van der Waals surface area contributed by atoms with Crippen LogP contribution in [0.15, 0.2) is 72.8 Å². The van der Waals surface area contributed by atoms with Gasteiger partial charge in [-0.25, -0.2) is 4.79 Å². The zero-order valence-corrected chi connectivity index (χ0v) is 12.7. The standard InChI is InChI=1S/C19H21NO2/c1-22-19(21)14-8-13-18(17-11-6-3-7-12-17)20-15-16-9-4-2-5-10-16/h2-12,14,18,20H,13,15H2,1H3. The lowest BCUT2D eigenvalue weighted by Gasteiger charge is -2.18. The van der Waals surface area contributed by atoms with E-state index in [2.05, 4.69) is 34.3 Å². The number of carbonyl (C=O) groups is 1. The predicted molar refractivity (Wildman–Crippen MR) is 88.2 cm³/mol. The molecular weight excluding hydrogens is 274 g/mol. The molecule has 0 saturated carbocycles. The van der Waals surface area contributed by atoms with Crippen molar-refractivity contribution in [2.24, 2.45) is 0 Å². The molecule has 0 aliphatic rings. The molecule has 0 aliphatic heterocycles. The van der Waals surface area contributed by atoms with Gasteiger partial charge in [0.25, 0.3) is 0 Å². The zero-order chi connectivity index (χ0) is 15.6. The van der Waals surface area contributed by atoms with Crippen molar-refractivity contribution < 1.29 is 9.53 Å². The average molecular weight is 295 g/mol. The van der Waals surface area contributed by atoms with Crippen molar-refractivity contribution in [3.63, 3.8) is 0 Å². The molecule has 2 rings (SSSR count). The Hall–Kier alpha value is -2.39. The van der Waals surface area contributed by atoms with Crippen LogP contribution in [0.2, 0.25) is 0 Å². The summed E-state index contributed by atoms with van der Waals surface area (Å²) in [5.41, 5.74) is 2.44. The van der Waals surface area contributed by atoms with Crippen LogP contribution in [0, 0.1) is 0 Å². The summed E-state index contributed by atoms with van der Waals surface area (Å²) in [5.74, 6) is -0.324. The number of esters is 1. The van der Waals surface area contributed by atoms with E-state index in [4.69, 9.17) is 0 Å². The van der Waals surface area contributed by atoms with Crippen molar-refractivity contribution in [1.82, 2.24) is 5.32 Å². The van der Waals surface area contributed by atoms with E-state index in [0.29, 0.717) is 0 Å². The fourth-order valence-corrected chi connectivity index (χ4v) is 2.23. The maximum Gasteiger partial charge on any atom is 0.330 e. The van der Waals surface area contributed by atoms with Crippen LogP contribution in [0.4, 0.5) is 0 Å². The summed E-state index contributed by atoms with van der Waals surface area (Å²) in [6, 6.07) is 20.7. The lowest BCUT2D eigenvalue weighted by molar-refractivity contribution is -0.134. The van der Waals surface area contributed by atoms with Crippen molar-refractivity contribution in [3.05, 3.63) is 83.9 Å². The lowest BCUT2D eigenvalue weighted by Crippen LogP contribution is -2.20. The molecule has 114 valence electrons. The van der Waals surface area contributed by atoms with E-state index in [9.17, 15) is 4.79 Å². The van der Waals surface area contributed by atoms with Crippen molar-refractivity contribution >= 4 is 5.97 Å². The van der Waals surface area contributed by atoms with Crippen LogP contribution < -0.4 is 5.32 Å². The number of nitrogens with one attached hydrogen (secondary N) is 1. The normalized spacial score (nSPS) is 12.2. The zero-order valence-electron chi connectivity index (χ0n) is 12.7. The van der Waals surface area contributed by atoms with Crippen LogP contribution in [0.25, 0.3) is 0 Å². The second-order valence-corrected chi connectivity index (χ2v) is 4.99. The number of carbonyl (C=O) groups excluding carboxylic acids is 1. The molecule has 22 heavy (non-hydrogen) atoms. The second-order valence-electron chi connectivity index (χ2n) is 4.99. The fourth-order valence-electron chi connectivity index (χ4n) is 2.23. The minimum Gasteiger partial charge on any atom is -0.466 e. The van der Waals surface area contributed by atoms with Gasteiger partial charge in [0.05, 0.1) is 7.11 Å². The highest BCUT2D eigenvalue weighted by Crippen LogP contribution is 2.18. The summed E-state index contributed by atoms with van der Waals surface area (Å²) >= 11 is 0. The monoisotopic (exact) mass is 295 g/mol. The van der Waals surface area contributed by atoms with Gasteiger partial charge in [-0.1, -0.05) is 66.7 Å². The van der Waals surface area contributed by atoms with E-state index in [1.54, 1.807) is 0 Å². The number of ether oxygens (including phenoxy) is 1. The van der Waals surface area contributed by atoms with Crippen molar-refractivity contribution in [3.8, 4) is 0 Å². The van der Waals surface area contributed by atoms with Crippen LogP contribution in [-0.4, -0.2) is 13.1 Å². The molecule has 1 atom stereocenters. The van der Waals surface area contributed by atoms with Crippen LogP contribution in [0.1, 0.15) is 23.6 Å². The minimum absolute atomic E-state index is 0.155. The molecule has 0 aromatic heterocycles. The van der Waals surface area contributed by atoms with E-state index in [-0.39, 0.29) is 12.0 Å². The van der Waals surface area contributed by atoms with Crippen LogP contribution in [-0.2, 0) is 16.1 Å². The molecule has 0 heterocycles. The predicted octanol–water partition coefficient (Wildman–Crippen LogP) is 3.64. The molecule has 0 aliphatic carbocycles. The molecule has 2 aromatic carbocycles. The summed E-state index contributed by atoms with van der Waals surface area (Å²) in [4.78, 5) is 11.2. The van der Waals surface area contributed by atoms with Crippen LogP contribution in [0.5, 0.6) is 0 Å². The fraction of sp³-hybridized carbons (Fsp3) is 0.211. The SMILES string of the molecule is COC(=O)C=CCC(NCc1ccccc1)c1ccccc1. The molecule has 1 unspecified atom stereocenters. The quantitative estimate of drug-likeness (QED) is 0.626. The molecular formula is C19H21NO2.